The maximum Gasteiger partial charge on any atom is 0.231 e. The van der Waals surface area contributed by atoms with E-state index in [9.17, 15) is 0 Å². The van der Waals surface area contributed by atoms with Crippen LogP contribution in [0.1, 0.15) is 17.0 Å². The monoisotopic (exact) mass is 256 g/mol. The van der Waals surface area contributed by atoms with Crippen molar-refractivity contribution in [3.63, 3.8) is 0 Å². The minimum absolute atomic E-state index is 0.425. The Kier molecular flexibility index (Phi) is 3.03. The van der Waals surface area contributed by atoms with Gasteiger partial charge in [-0.3, -0.25) is 0 Å². The Morgan fingerprint density at radius 1 is 1.21 bits per heavy atom. The van der Waals surface area contributed by atoms with E-state index in [1.54, 1.807) is 6.20 Å². The van der Waals surface area contributed by atoms with Gasteiger partial charge in [0.25, 0.3) is 0 Å². The van der Waals surface area contributed by atoms with Crippen LogP contribution in [0.25, 0.3) is 11.5 Å². The van der Waals surface area contributed by atoms with Gasteiger partial charge in [-0.2, -0.15) is 20.4 Å². The number of hydrogen-bond acceptors (Lipinski definition) is 6. The molecule has 0 atom stereocenters. The van der Waals surface area contributed by atoms with Crippen LogP contribution in [0.2, 0.25) is 0 Å². The van der Waals surface area contributed by atoms with Gasteiger partial charge < -0.3 is 10.3 Å². The molecule has 0 unspecified atom stereocenters. The molecular formula is C12H12N6O. The van der Waals surface area contributed by atoms with Crippen LogP contribution in [0.4, 0.5) is 0 Å². The molecule has 1 aromatic carbocycles. The molecule has 0 spiro atoms. The first-order chi connectivity index (χ1) is 9.36. The summed E-state index contributed by atoms with van der Waals surface area (Å²) < 4.78 is 5.21. The van der Waals surface area contributed by atoms with Gasteiger partial charge in [0.15, 0.2) is 5.69 Å². The van der Waals surface area contributed by atoms with Crippen LogP contribution in [0.15, 0.2) is 35.0 Å². The van der Waals surface area contributed by atoms with E-state index in [-0.39, 0.29) is 0 Å². The van der Waals surface area contributed by atoms with E-state index >= 15 is 0 Å². The van der Waals surface area contributed by atoms with Crippen LogP contribution in [0, 0.1) is 0 Å². The van der Waals surface area contributed by atoms with Gasteiger partial charge in [-0.15, -0.1) is 0 Å². The lowest BCUT2D eigenvalue weighted by Gasteiger charge is -2.03. The molecule has 0 amide bonds. The van der Waals surface area contributed by atoms with E-state index in [0.717, 1.165) is 11.1 Å². The third kappa shape index (κ3) is 2.36. The molecule has 0 bridgehead atoms. The number of nitrogens with zero attached hydrogens (tertiary/aromatic N) is 4. The van der Waals surface area contributed by atoms with Crippen LogP contribution in [-0.4, -0.2) is 25.6 Å². The quantitative estimate of drug-likeness (QED) is 0.718. The van der Waals surface area contributed by atoms with Gasteiger partial charge >= 0.3 is 0 Å². The van der Waals surface area contributed by atoms with Crippen molar-refractivity contribution in [1.82, 2.24) is 25.6 Å². The standard InChI is InChI=1S/C12H12N6O/c13-6-9-4-2-1-3-8(9)5-11-15-12(17-19-11)10-7-14-18-16-10/h1-4,7H,5-6,13H2,(H,14,16,18). The summed E-state index contributed by atoms with van der Waals surface area (Å²) in [6.45, 7) is 0.487. The first-order valence-electron chi connectivity index (χ1n) is 5.82. The molecule has 0 saturated carbocycles. The van der Waals surface area contributed by atoms with Crippen molar-refractivity contribution in [1.29, 1.82) is 0 Å². The summed E-state index contributed by atoms with van der Waals surface area (Å²) >= 11 is 0. The van der Waals surface area contributed by atoms with Gasteiger partial charge in [0, 0.05) is 6.54 Å². The highest BCUT2D eigenvalue weighted by atomic mass is 16.5. The molecule has 0 saturated heterocycles. The maximum absolute atomic E-state index is 5.70. The van der Waals surface area contributed by atoms with Crippen molar-refractivity contribution >= 4 is 0 Å². The Hall–Kier alpha value is -2.54. The molecule has 3 rings (SSSR count). The first-order valence-corrected chi connectivity index (χ1v) is 5.82. The summed E-state index contributed by atoms with van der Waals surface area (Å²) in [5, 5.41) is 14.0. The Morgan fingerprint density at radius 3 is 2.79 bits per heavy atom. The fraction of sp³-hybridized carbons (Fsp3) is 0.167. The van der Waals surface area contributed by atoms with E-state index in [0.29, 0.717) is 30.4 Å². The molecular weight excluding hydrogens is 244 g/mol. The van der Waals surface area contributed by atoms with Crippen LogP contribution >= 0.6 is 0 Å². The number of H-pyrrole nitrogens is 1. The van der Waals surface area contributed by atoms with Gasteiger partial charge in [-0.05, 0) is 11.1 Å². The Labute approximate surface area is 108 Å². The van der Waals surface area contributed by atoms with E-state index in [1.807, 2.05) is 24.3 Å². The van der Waals surface area contributed by atoms with Crippen LogP contribution < -0.4 is 5.73 Å². The van der Waals surface area contributed by atoms with E-state index in [1.165, 1.54) is 0 Å². The highest BCUT2D eigenvalue weighted by Gasteiger charge is 2.12. The minimum Gasteiger partial charge on any atom is -0.339 e. The topological polar surface area (TPSA) is 107 Å². The number of hydrogen-bond donors (Lipinski definition) is 2. The van der Waals surface area contributed by atoms with Gasteiger partial charge in [-0.25, -0.2) is 0 Å². The lowest BCUT2D eigenvalue weighted by atomic mass is 10.0. The molecule has 3 N–H and O–H groups in total. The predicted octanol–water partition coefficient (Wildman–Crippen LogP) is 0.904. The lowest BCUT2D eigenvalue weighted by molar-refractivity contribution is 0.385. The highest BCUT2D eigenvalue weighted by molar-refractivity contribution is 5.45. The molecule has 0 aliphatic heterocycles. The van der Waals surface area contributed by atoms with E-state index in [4.69, 9.17) is 10.3 Å². The molecule has 0 fully saturated rings. The van der Waals surface area contributed by atoms with Gasteiger partial charge in [-0.1, -0.05) is 29.4 Å². The molecule has 19 heavy (non-hydrogen) atoms. The van der Waals surface area contributed by atoms with Gasteiger partial charge in [0.05, 0.1) is 12.6 Å². The first kappa shape index (κ1) is 11.5. The summed E-state index contributed by atoms with van der Waals surface area (Å²) in [5.74, 6) is 0.952. The summed E-state index contributed by atoms with van der Waals surface area (Å²) in [7, 11) is 0. The molecule has 2 heterocycles. The number of rotatable bonds is 4. The van der Waals surface area contributed by atoms with E-state index < -0.39 is 0 Å². The summed E-state index contributed by atoms with van der Waals surface area (Å²) in [6, 6.07) is 7.91. The molecule has 0 aliphatic rings. The van der Waals surface area contributed by atoms with Crippen LogP contribution in [0.5, 0.6) is 0 Å². The molecule has 7 heteroatoms. The van der Waals surface area contributed by atoms with Crippen molar-refractivity contribution in [2.75, 3.05) is 0 Å². The van der Waals surface area contributed by atoms with Crippen molar-refractivity contribution in [3.05, 3.63) is 47.5 Å². The van der Waals surface area contributed by atoms with Gasteiger partial charge in [0.2, 0.25) is 11.7 Å². The zero-order chi connectivity index (χ0) is 13.1. The Bertz CT molecular complexity index is 660. The second-order valence-corrected chi connectivity index (χ2v) is 4.02. The zero-order valence-corrected chi connectivity index (χ0v) is 10.1. The van der Waals surface area contributed by atoms with E-state index in [2.05, 4.69) is 25.6 Å². The largest absolute Gasteiger partial charge is 0.339 e. The van der Waals surface area contributed by atoms with Crippen LogP contribution in [-0.2, 0) is 13.0 Å². The number of nitrogens with two attached hydrogens (primary N) is 1. The second-order valence-electron chi connectivity index (χ2n) is 4.02. The predicted molar refractivity (Wildman–Crippen MR) is 66.8 cm³/mol. The molecule has 2 aromatic heterocycles. The molecule has 96 valence electrons. The maximum atomic E-state index is 5.70. The SMILES string of the molecule is NCc1ccccc1Cc1nc(-c2cn[nH]n2)no1. The Morgan fingerprint density at radius 2 is 2.05 bits per heavy atom. The second kappa shape index (κ2) is 4.99. The lowest BCUT2D eigenvalue weighted by Crippen LogP contribution is -2.02. The van der Waals surface area contributed by atoms with Gasteiger partial charge in [0.1, 0.15) is 0 Å². The molecule has 3 aromatic rings. The minimum atomic E-state index is 0.425. The average Bonchev–Trinajstić information content (AvgIpc) is 3.09. The fourth-order valence-electron chi connectivity index (χ4n) is 1.83. The molecule has 7 nitrogen and oxygen atoms in total. The van der Waals surface area contributed by atoms with Crippen molar-refractivity contribution in [2.24, 2.45) is 5.73 Å². The van der Waals surface area contributed by atoms with Crippen molar-refractivity contribution in [3.8, 4) is 11.5 Å². The highest BCUT2D eigenvalue weighted by Crippen LogP contribution is 2.16. The summed E-state index contributed by atoms with van der Waals surface area (Å²) in [5.41, 5.74) is 8.41. The average molecular weight is 256 g/mol. The fourth-order valence-corrected chi connectivity index (χ4v) is 1.83. The summed E-state index contributed by atoms with van der Waals surface area (Å²) in [4.78, 5) is 4.28. The number of aromatic nitrogens is 5. The zero-order valence-electron chi connectivity index (χ0n) is 10.1. The number of benzene rings is 1. The smallest absolute Gasteiger partial charge is 0.231 e. The summed E-state index contributed by atoms with van der Waals surface area (Å²) in [6.07, 6.45) is 2.10. The Balaban J connectivity index is 1.84. The van der Waals surface area contributed by atoms with Crippen molar-refractivity contribution < 1.29 is 4.52 Å². The number of nitrogens with one attached hydrogen (secondary N) is 1. The normalized spacial score (nSPS) is 10.8. The molecule has 0 aliphatic carbocycles. The molecule has 0 radical (unpaired) electrons. The van der Waals surface area contributed by atoms with Crippen molar-refractivity contribution in [2.45, 2.75) is 13.0 Å². The number of aromatic amines is 1. The third-order valence-corrected chi connectivity index (χ3v) is 2.79. The van der Waals surface area contributed by atoms with Crippen LogP contribution in [0.3, 0.4) is 0 Å². The third-order valence-electron chi connectivity index (χ3n) is 2.79.